The van der Waals surface area contributed by atoms with E-state index in [-0.39, 0.29) is 29.6 Å². The molecule has 0 aliphatic rings. The number of hydrogen-bond donors (Lipinski definition) is 0. The Labute approximate surface area is 127 Å². The van der Waals surface area contributed by atoms with Crippen LogP contribution in [0.4, 0.5) is 11.4 Å². The van der Waals surface area contributed by atoms with Gasteiger partial charge in [0.05, 0.1) is 11.4 Å². The summed E-state index contributed by atoms with van der Waals surface area (Å²) in [5, 5.41) is 17.2. The molecule has 0 heterocycles. The molecule has 86 valence electrons. The maximum absolute atomic E-state index is 8.00. The topological polar surface area (TPSA) is 77.2 Å². The van der Waals surface area contributed by atoms with Crippen molar-refractivity contribution in [2.75, 3.05) is 0 Å². The number of benzene rings is 2. The van der Waals surface area contributed by atoms with E-state index in [0.717, 1.165) is 16.7 Å². The van der Waals surface area contributed by atoms with Crippen molar-refractivity contribution in [3.63, 3.8) is 0 Å². The van der Waals surface area contributed by atoms with Gasteiger partial charge in [0.2, 0.25) is 0 Å². The van der Waals surface area contributed by atoms with Crippen LogP contribution in [-0.2, 0) is 0 Å². The second-order valence-electron chi connectivity index (χ2n) is 2.95. The molecule has 0 N–H and O–H groups in total. The molecule has 0 saturated heterocycles. The first kappa shape index (κ1) is 16.4. The van der Waals surface area contributed by atoms with E-state index in [1.54, 1.807) is 0 Å². The van der Waals surface area contributed by atoms with Crippen LogP contribution in [0, 0.1) is 10.1 Å². The Balaban J connectivity index is 0.000000660. The Hall–Kier alpha value is -1.56. The van der Waals surface area contributed by atoms with Gasteiger partial charge in [-0.25, -0.2) is 0 Å². The van der Waals surface area contributed by atoms with Crippen molar-refractivity contribution >= 4 is 11.4 Å². The molecule has 0 aliphatic heterocycles. The number of rotatable bonds is 2. The minimum Gasteiger partial charge on any atom is -0.444 e. The number of azo groups is 1. The first-order valence-electron chi connectivity index (χ1n) is 4.83. The van der Waals surface area contributed by atoms with Gasteiger partial charge in [0, 0.05) is 0 Å². The van der Waals surface area contributed by atoms with E-state index in [2.05, 4.69) is 10.2 Å². The molecule has 18 heavy (non-hydrogen) atoms. The molecule has 0 radical (unpaired) electrons. The molecule has 2 aromatic rings. The Morgan fingerprint density at radius 2 is 1.00 bits per heavy atom. The van der Waals surface area contributed by atoms with E-state index in [1.165, 1.54) is 0 Å². The van der Waals surface area contributed by atoms with Crippen LogP contribution in [0.15, 0.2) is 76.2 Å². The summed E-state index contributed by atoms with van der Waals surface area (Å²) in [4.78, 5) is 8.00. The predicted octanol–water partition coefficient (Wildman–Crippen LogP) is 1.36. The average molecular weight is 251 g/mol. The molecular weight excluding hydrogens is 241 g/mol. The third-order valence-electron chi connectivity index (χ3n) is 1.79. The molecule has 2 rings (SSSR count). The molecule has 0 fully saturated rings. The van der Waals surface area contributed by atoms with Gasteiger partial charge < -0.3 is 10.1 Å². The molecule has 0 saturated carbocycles. The maximum atomic E-state index is 8.00. The van der Waals surface area contributed by atoms with Gasteiger partial charge in [-0.2, -0.15) is 10.2 Å². The zero-order chi connectivity index (χ0) is 12.3. The van der Waals surface area contributed by atoms with Crippen molar-refractivity contribution in [2.45, 2.75) is 0 Å². The van der Waals surface area contributed by atoms with E-state index in [0.29, 0.717) is 0 Å². The van der Waals surface area contributed by atoms with Crippen molar-refractivity contribution in [3.8, 4) is 0 Å². The molecule has 0 bridgehead atoms. The van der Waals surface area contributed by atoms with Crippen LogP contribution in [-0.4, -0.2) is 0 Å². The van der Waals surface area contributed by atoms with Gasteiger partial charge >= 0.3 is 29.6 Å². The summed E-state index contributed by atoms with van der Waals surface area (Å²) in [6.45, 7) is 0. The second kappa shape index (κ2) is 10.6. The van der Waals surface area contributed by atoms with E-state index < -0.39 is 0 Å². The van der Waals surface area contributed by atoms with Crippen LogP contribution in [0.2, 0.25) is 0 Å². The summed E-state index contributed by atoms with van der Waals surface area (Å²) in [6.07, 6.45) is 0. The molecule has 5 nitrogen and oxygen atoms in total. The molecule has 0 spiro atoms. The van der Waals surface area contributed by atoms with Gasteiger partial charge in [0.1, 0.15) is 0 Å². The summed E-state index contributed by atoms with van der Waals surface area (Å²) in [7, 11) is 0. The average Bonchev–Trinajstić information content (AvgIpc) is 2.40. The van der Waals surface area contributed by atoms with Crippen LogP contribution in [0.25, 0.3) is 0 Å². The van der Waals surface area contributed by atoms with Gasteiger partial charge in [-0.3, -0.25) is 0 Å². The van der Waals surface area contributed by atoms with E-state index in [9.17, 15) is 0 Å². The van der Waals surface area contributed by atoms with Gasteiger partial charge in [0.15, 0.2) is 0 Å². The molecular formula is C12H10N3NaO2. The van der Waals surface area contributed by atoms with Gasteiger partial charge in [0.25, 0.3) is 0 Å². The van der Waals surface area contributed by atoms with Gasteiger partial charge in [-0.1, -0.05) is 36.4 Å². The minimum atomic E-state index is 0. The first-order chi connectivity index (χ1) is 8.36. The van der Waals surface area contributed by atoms with Crippen molar-refractivity contribution in [1.82, 2.24) is 0 Å². The van der Waals surface area contributed by atoms with Crippen LogP contribution >= 0.6 is 0 Å². The Kier molecular flexibility index (Phi) is 9.67. The van der Waals surface area contributed by atoms with E-state index in [1.807, 2.05) is 60.7 Å². The van der Waals surface area contributed by atoms with Crippen LogP contribution in [0.1, 0.15) is 0 Å². The Morgan fingerprint density at radius 1 is 0.722 bits per heavy atom. The zero-order valence-electron chi connectivity index (χ0n) is 9.93. The van der Waals surface area contributed by atoms with Crippen molar-refractivity contribution in [3.05, 3.63) is 70.8 Å². The summed E-state index contributed by atoms with van der Waals surface area (Å²) < 4.78 is 0. The van der Waals surface area contributed by atoms with Crippen LogP contribution in [0.5, 0.6) is 0 Å². The SMILES string of the molecule is O=N[O-].[Na+].c1ccc(N=Nc2ccccc2)cc1. The second-order valence-corrected chi connectivity index (χ2v) is 2.95. The predicted molar refractivity (Wildman–Crippen MR) is 66.2 cm³/mol. The molecule has 0 atom stereocenters. The first-order valence-corrected chi connectivity index (χ1v) is 4.83. The van der Waals surface area contributed by atoms with Crippen LogP contribution < -0.4 is 29.6 Å². The standard InChI is InChI=1S/C12H10N2.HNO2.Na/c1-3-7-11(8-4-1)13-14-12-9-5-2-6-10-12;2-1-3;/h1-10H;(H,2,3);/q;;+1/p-1. The summed E-state index contributed by atoms with van der Waals surface area (Å²) >= 11 is 0. The largest absolute Gasteiger partial charge is 1.00 e. The van der Waals surface area contributed by atoms with Crippen molar-refractivity contribution < 1.29 is 29.6 Å². The summed E-state index contributed by atoms with van der Waals surface area (Å²) in [6, 6.07) is 19.4. The molecule has 6 heteroatoms. The van der Waals surface area contributed by atoms with Gasteiger partial charge in [-0.15, -0.1) is 5.34 Å². The molecule has 0 aromatic heterocycles. The van der Waals surface area contributed by atoms with Crippen molar-refractivity contribution in [2.24, 2.45) is 15.6 Å². The Morgan fingerprint density at radius 3 is 1.28 bits per heavy atom. The number of nitrogens with zero attached hydrogens (tertiary/aromatic N) is 3. The fourth-order valence-electron chi connectivity index (χ4n) is 1.10. The third-order valence-corrected chi connectivity index (χ3v) is 1.79. The summed E-state index contributed by atoms with van der Waals surface area (Å²) in [5.41, 5.74) is 1.74. The minimum absolute atomic E-state index is 0. The molecule has 2 aromatic carbocycles. The third kappa shape index (κ3) is 6.90. The van der Waals surface area contributed by atoms with Gasteiger partial charge in [-0.05, 0) is 24.3 Å². The Bertz CT molecular complexity index is 422. The fourth-order valence-corrected chi connectivity index (χ4v) is 1.10. The maximum Gasteiger partial charge on any atom is 1.00 e. The quantitative estimate of drug-likeness (QED) is 0.349. The molecule has 0 unspecified atom stereocenters. The summed E-state index contributed by atoms with van der Waals surface area (Å²) in [5.74, 6) is 0. The fraction of sp³-hybridized carbons (Fsp3) is 0. The molecule has 0 aliphatic carbocycles. The van der Waals surface area contributed by atoms with E-state index in [4.69, 9.17) is 10.1 Å². The smallest absolute Gasteiger partial charge is 0.444 e. The van der Waals surface area contributed by atoms with E-state index >= 15 is 0 Å². The molecule has 0 amide bonds. The zero-order valence-corrected chi connectivity index (χ0v) is 11.9. The normalized spacial score (nSPS) is 8.89. The van der Waals surface area contributed by atoms with Crippen LogP contribution in [0.3, 0.4) is 0 Å². The monoisotopic (exact) mass is 251 g/mol. The van der Waals surface area contributed by atoms with Crippen molar-refractivity contribution in [1.29, 1.82) is 0 Å². The number of hydrogen-bond acceptors (Lipinski definition) is 5.